The first kappa shape index (κ1) is 15.0. The number of para-hydroxylation sites is 1. The van der Waals surface area contributed by atoms with Crippen molar-refractivity contribution in [3.05, 3.63) is 45.9 Å². The van der Waals surface area contributed by atoms with Gasteiger partial charge in [-0.2, -0.15) is 0 Å². The molecule has 2 aromatic rings. The molecular formula is C17H23NOS. The van der Waals surface area contributed by atoms with Crippen molar-refractivity contribution in [1.29, 1.82) is 0 Å². The van der Waals surface area contributed by atoms with Gasteiger partial charge in [-0.25, -0.2) is 4.98 Å². The molecule has 2 rings (SSSR count). The Kier molecular flexibility index (Phi) is 4.81. The maximum Gasteiger partial charge on any atom is 0.131 e. The highest BCUT2D eigenvalue weighted by Crippen LogP contribution is 2.31. The van der Waals surface area contributed by atoms with Crippen LogP contribution in [0.1, 0.15) is 50.4 Å². The molecule has 0 spiro atoms. The first-order valence-electron chi connectivity index (χ1n) is 7.16. The lowest BCUT2D eigenvalue weighted by Gasteiger charge is -2.22. The molecule has 0 saturated carbocycles. The van der Waals surface area contributed by atoms with Gasteiger partial charge in [0, 0.05) is 5.38 Å². The van der Waals surface area contributed by atoms with Crippen LogP contribution in [-0.2, 0) is 18.4 Å². The van der Waals surface area contributed by atoms with Crippen molar-refractivity contribution in [3.63, 3.8) is 0 Å². The Morgan fingerprint density at radius 2 is 1.95 bits per heavy atom. The predicted octanol–water partition coefficient (Wildman–Crippen LogP) is 4.97. The van der Waals surface area contributed by atoms with Crippen LogP contribution in [0.25, 0.3) is 0 Å². The second-order valence-corrected chi connectivity index (χ2v) is 6.96. The summed E-state index contributed by atoms with van der Waals surface area (Å²) in [6.07, 6.45) is 2.20. The van der Waals surface area contributed by atoms with Crippen molar-refractivity contribution in [2.75, 3.05) is 0 Å². The fraction of sp³-hybridized carbons (Fsp3) is 0.471. The van der Waals surface area contributed by atoms with E-state index in [-0.39, 0.29) is 5.41 Å². The Balaban J connectivity index is 2.07. The van der Waals surface area contributed by atoms with E-state index in [4.69, 9.17) is 4.74 Å². The summed E-state index contributed by atoms with van der Waals surface area (Å²) in [5.41, 5.74) is 2.36. The minimum atomic E-state index is 0.0893. The summed E-state index contributed by atoms with van der Waals surface area (Å²) in [6, 6.07) is 8.27. The van der Waals surface area contributed by atoms with Crippen LogP contribution in [0.2, 0.25) is 0 Å². The van der Waals surface area contributed by atoms with E-state index in [1.54, 1.807) is 11.3 Å². The van der Waals surface area contributed by atoms with Crippen LogP contribution >= 0.6 is 11.3 Å². The molecule has 20 heavy (non-hydrogen) atoms. The van der Waals surface area contributed by atoms with Crippen LogP contribution in [-0.4, -0.2) is 4.98 Å². The number of hydrogen-bond acceptors (Lipinski definition) is 3. The van der Waals surface area contributed by atoms with Gasteiger partial charge in [-0.3, -0.25) is 0 Å². The minimum Gasteiger partial charge on any atom is -0.487 e. The number of ether oxygens (including phenoxy) is 1. The fourth-order valence-corrected chi connectivity index (χ4v) is 2.99. The molecule has 0 saturated heterocycles. The summed E-state index contributed by atoms with van der Waals surface area (Å²) in [7, 11) is 0. The molecule has 3 heteroatoms. The zero-order valence-corrected chi connectivity index (χ0v) is 13.6. The van der Waals surface area contributed by atoms with E-state index in [9.17, 15) is 0 Å². The molecule has 0 aliphatic carbocycles. The van der Waals surface area contributed by atoms with E-state index in [1.807, 2.05) is 12.1 Å². The molecule has 1 aromatic heterocycles. The number of thiazole rings is 1. The van der Waals surface area contributed by atoms with Gasteiger partial charge in [-0.1, -0.05) is 45.9 Å². The maximum absolute atomic E-state index is 5.99. The summed E-state index contributed by atoms with van der Waals surface area (Å²) in [4.78, 5) is 4.60. The molecule has 0 aliphatic heterocycles. The summed E-state index contributed by atoms with van der Waals surface area (Å²) >= 11 is 1.73. The lowest BCUT2D eigenvalue weighted by atomic mass is 9.86. The van der Waals surface area contributed by atoms with Gasteiger partial charge in [0.25, 0.3) is 0 Å². The summed E-state index contributed by atoms with van der Waals surface area (Å²) in [5, 5.41) is 3.31. The average molecular weight is 289 g/mol. The van der Waals surface area contributed by atoms with Crippen LogP contribution in [0.4, 0.5) is 0 Å². The third kappa shape index (κ3) is 3.83. The van der Waals surface area contributed by atoms with E-state index >= 15 is 0 Å². The molecular weight excluding hydrogens is 266 g/mol. The van der Waals surface area contributed by atoms with E-state index in [2.05, 4.69) is 50.2 Å². The van der Waals surface area contributed by atoms with Gasteiger partial charge in [0.1, 0.15) is 12.4 Å². The second kappa shape index (κ2) is 6.40. The number of nitrogens with zero attached hydrogens (tertiary/aromatic N) is 1. The van der Waals surface area contributed by atoms with Gasteiger partial charge in [0.2, 0.25) is 0 Å². The lowest BCUT2D eigenvalue weighted by molar-refractivity contribution is 0.293. The van der Waals surface area contributed by atoms with Crippen molar-refractivity contribution in [3.8, 4) is 5.75 Å². The topological polar surface area (TPSA) is 22.1 Å². The highest BCUT2D eigenvalue weighted by Gasteiger charge is 2.18. The standard InChI is InChI=1S/C17H23NOS/c1-5-8-16-18-13(12-20-16)11-19-15-10-7-6-9-14(15)17(2,3)4/h6-7,9-10,12H,5,8,11H2,1-4H3. The van der Waals surface area contributed by atoms with Gasteiger partial charge in [-0.05, 0) is 29.9 Å². The van der Waals surface area contributed by atoms with Gasteiger partial charge in [-0.15, -0.1) is 11.3 Å². The largest absolute Gasteiger partial charge is 0.487 e. The molecule has 2 nitrogen and oxygen atoms in total. The first-order chi connectivity index (χ1) is 9.50. The molecule has 0 amide bonds. The van der Waals surface area contributed by atoms with Crippen LogP contribution < -0.4 is 4.74 Å². The molecule has 1 heterocycles. The van der Waals surface area contributed by atoms with Gasteiger partial charge >= 0.3 is 0 Å². The Bertz CT molecular complexity index is 554. The molecule has 0 bridgehead atoms. The SMILES string of the molecule is CCCc1nc(COc2ccccc2C(C)(C)C)cs1. The number of aryl methyl sites for hydroxylation is 1. The zero-order chi connectivity index (χ0) is 14.6. The summed E-state index contributed by atoms with van der Waals surface area (Å²) < 4.78 is 5.99. The lowest BCUT2D eigenvalue weighted by Crippen LogP contribution is -2.13. The van der Waals surface area contributed by atoms with Crippen LogP contribution in [0, 0.1) is 0 Å². The Morgan fingerprint density at radius 1 is 1.20 bits per heavy atom. The Labute approximate surface area is 125 Å². The number of rotatable bonds is 5. The van der Waals surface area contributed by atoms with Gasteiger partial charge in [0.15, 0.2) is 0 Å². The molecule has 108 valence electrons. The van der Waals surface area contributed by atoms with E-state index in [1.165, 1.54) is 10.6 Å². The molecule has 1 aromatic carbocycles. The third-order valence-electron chi connectivity index (χ3n) is 3.13. The van der Waals surface area contributed by atoms with Gasteiger partial charge in [0.05, 0.1) is 10.7 Å². The monoisotopic (exact) mass is 289 g/mol. The smallest absolute Gasteiger partial charge is 0.131 e. The number of benzene rings is 1. The van der Waals surface area contributed by atoms with Crippen molar-refractivity contribution < 1.29 is 4.74 Å². The van der Waals surface area contributed by atoms with Crippen molar-refractivity contribution in [2.24, 2.45) is 0 Å². The van der Waals surface area contributed by atoms with Crippen LogP contribution in [0.15, 0.2) is 29.6 Å². The number of hydrogen-bond donors (Lipinski definition) is 0. The second-order valence-electron chi connectivity index (χ2n) is 6.02. The van der Waals surface area contributed by atoms with E-state index < -0.39 is 0 Å². The molecule has 0 aliphatic rings. The van der Waals surface area contributed by atoms with Crippen molar-refractivity contribution in [2.45, 2.75) is 52.6 Å². The molecule has 0 N–H and O–H groups in total. The van der Waals surface area contributed by atoms with Crippen molar-refractivity contribution in [1.82, 2.24) is 4.98 Å². The minimum absolute atomic E-state index is 0.0893. The molecule has 0 radical (unpaired) electrons. The molecule has 0 unspecified atom stereocenters. The molecule has 0 fully saturated rings. The third-order valence-corrected chi connectivity index (χ3v) is 4.09. The quantitative estimate of drug-likeness (QED) is 0.775. The Morgan fingerprint density at radius 3 is 2.65 bits per heavy atom. The highest BCUT2D eigenvalue weighted by molar-refractivity contribution is 7.09. The first-order valence-corrected chi connectivity index (χ1v) is 8.04. The summed E-state index contributed by atoms with van der Waals surface area (Å²) in [5.74, 6) is 0.963. The number of aromatic nitrogens is 1. The average Bonchev–Trinajstić information content (AvgIpc) is 2.84. The fourth-order valence-electron chi connectivity index (χ4n) is 2.11. The van der Waals surface area contributed by atoms with E-state index in [0.717, 1.165) is 24.3 Å². The van der Waals surface area contributed by atoms with Crippen LogP contribution in [0.3, 0.4) is 0 Å². The Hall–Kier alpha value is -1.35. The van der Waals surface area contributed by atoms with Gasteiger partial charge < -0.3 is 4.74 Å². The van der Waals surface area contributed by atoms with E-state index in [0.29, 0.717) is 6.61 Å². The van der Waals surface area contributed by atoms with Crippen molar-refractivity contribution >= 4 is 11.3 Å². The van der Waals surface area contributed by atoms with Crippen LogP contribution in [0.5, 0.6) is 5.75 Å². The summed E-state index contributed by atoms with van der Waals surface area (Å²) in [6.45, 7) is 9.34. The highest BCUT2D eigenvalue weighted by atomic mass is 32.1. The normalized spacial score (nSPS) is 11.6. The predicted molar refractivity (Wildman–Crippen MR) is 85.6 cm³/mol. The zero-order valence-electron chi connectivity index (χ0n) is 12.8. The maximum atomic E-state index is 5.99. The molecule has 0 atom stereocenters.